The molecule has 0 aliphatic heterocycles. The third-order valence-electron chi connectivity index (χ3n) is 2.22. The van der Waals surface area contributed by atoms with E-state index in [4.69, 9.17) is 5.11 Å². The van der Waals surface area contributed by atoms with Crippen molar-refractivity contribution in [2.45, 2.75) is 12.8 Å². The van der Waals surface area contributed by atoms with Crippen LogP contribution in [0.5, 0.6) is 0 Å². The minimum absolute atomic E-state index is 0.769. The lowest BCUT2D eigenvalue weighted by atomic mass is 10.1. The average Bonchev–Trinajstić information content (AvgIpc) is 2.25. The predicted octanol–water partition coefficient (Wildman–Crippen LogP) is 3.13. The van der Waals surface area contributed by atoms with Gasteiger partial charge in [0.15, 0.2) is 0 Å². The monoisotopic (exact) mass is 271 g/mol. The Bertz CT molecular complexity index is 341. The summed E-state index contributed by atoms with van der Waals surface area (Å²) in [6.45, 7) is 0. The topological polar surface area (TPSA) is 40.5 Å². The van der Waals surface area contributed by atoms with E-state index in [1.54, 1.807) is 7.05 Å². The van der Waals surface area contributed by atoms with Crippen LogP contribution in [0.4, 0.5) is 10.5 Å². The van der Waals surface area contributed by atoms with E-state index in [1.807, 2.05) is 24.3 Å². The lowest BCUT2D eigenvalue weighted by Gasteiger charge is -2.17. The van der Waals surface area contributed by atoms with E-state index in [-0.39, 0.29) is 0 Å². The van der Waals surface area contributed by atoms with Crippen LogP contribution in [0.3, 0.4) is 0 Å². The van der Waals surface area contributed by atoms with Gasteiger partial charge in [0.1, 0.15) is 0 Å². The van der Waals surface area contributed by atoms with Crippen molar-refractivity contribution < 1.29 is 9.90 Å². The Kier molecular flexibility index (Phi) is 4.62. The molecule has 0 heterocycles. The molecule has 82 valence electrons. The van der Waals surface area contributed by atoms with Gasteiger partial charge >= 0.3 is 6.09 Å². The third kappa shape index (κ3) is 3.23. The highest BCUT2D eigenvalue weighted by Crippen LogP contribution is 2.20. The lowest BCUT2D eigenvalue weighted by molar-refractivity contribution is 0.203. The van der Waals surface area contributed by atoms with Gasteiger partial charge in [-0.25, -0.2) is 4.79 Å². The maximum Gasteiger partial charge on any atom is 0.411 e. The number of aryl methyl sites for hydroxylation is 1. The van der Waals surface area contributed by atoms with Crippen LogP contribution in [0, 0.1) is 0 Å². The number of para-hydroxylation sites is 1. The Balaban J connectivity index is 2.90. The molecule has 0 aromatic heterocycles. The molecule has 0 aliphatic carbocycles. The van der Waals surface area contributed by atoms with Crippen molar-refractivity contribution in [2.75, 3.05) is 17.3 Å². The van der Waals surface area contributed by atoms with Crippen molar-refractivity contribution in [3.05, 3.63) is 29.8 Å². The molecular weight excluding hydrogens is 258 g/mol. The first kappa shape index (κ1) is 12.0. The van der Waals surface area contributed by atoms with Gasteiger partial charge in [-0.15, -0.1) is 0 Å². The van der Waals surface area contributed by atoms with Gasteiger partial charge in [-0.1, -0.05) is 34.1 Å². The van der Waals surface area contributed by atoms with Crippen molar-refractivity contribution in [2.24, 2.45) is 0 Å². The van der Waals surface area contributed by atoms with Gasteiger partial charge < -0.3 is 5.11 Å². The van der Waals surface area contributed by atoms with Gasteiger partial charge in [-0.3, -0.25) is 4.90 Å². The Hall–Kier alpha value is -1.03. The minimum Gasteiger partial charge on any atom is -0.465 e. The summed E-state index contributed by atoms with van der Waals surface area (Å²) in [7, 11) is 1.56. The molecule has 1 aromatic rings. The number of amides is 1. The second kappa shape index (κ2) is 5.75. The van der Waals surface area contributed by atoms with Gasteiger partial charge in [-0.05, 0) is 24.5 Å². The first-order chi connectivity index (χ1) is 7.16. The smallest absolute Gasteiger partial charge is 0.411 e. The van der Waals surface area contributed by atoms with E-state index in [1.165, 1.54) is 4.90 Å². The summed E-state index contributed by atoms with van der Waals surface area (Å²) in [5.41, 5.74) is 1.84. The van der Waals surface area contributed by atoms with E-state index in [0.717, 1.165) is 29.4 Å². The second-order valence-electron chi connectivity index (χ2n) is 3.26. The van der Waals surface area contributed by atoms with Crippen LogP contribution in [-0.2, 0) is 6.42 Å². The van der Waals surface area contributed by atoms with Gasteiger partial charge in [0.05, 0.1) is 0 Å². The number of carbonyl (C=O) groups is 1. The number of halogens is 1. The summed E-state index contributed by atoms with van der Waals surface area (Å²) in [4.78, 5) is 12.1. The number of benzene rings is 1. The molecule has 1 rings (SSSR count). The molecule has 0 fully saturated rings. The van der Waals surface area contributed by atoms with Gasteiger partial charge in [0, 0.05) is 18.1 Å². The third-order valence-corrected chi connectivity index (χ3v) is 2.78. The van der Waals surface area contributed by atoms with Gasteiger partial charge in [-0.2, -0.15) is 0 Å². The fraction of sp³-hybridized carbons (Fsp3) is 0.364. The maximum absolute atomic E-state index is 10.8. The SMILES string of the molecule is CN(C(=O)O)c1ccccc1CCCBr. The normalized spacial score (nSPS) is 10.0. The summed E-state index contributed by atoms with van der Waals surface area (Å²) in [6, 6.07) is 7.59. The Labute approximate surface area is 97.8 Å². The molecule has 0 saturated heterocycles. The molecule has 0 bridgehead atoms. The van der Waals surface area contributed by atoms with Crippen LogP contribution in [0.2, 0.25) is 0 Å². The Morgan fingerprint density at radius 3 is 2.73 bits per heavy atom. The Morgan fingerprint density at radius 1 is 1.47 bits per heavy atom. The first-order valence-electron chi connectivity index (χ1n) is 4.77. The summed E-state index contributed by atoms with van der Waals surface area (Å²) >= 11 is 3.37. The maximum atomic E-state index is 10.8. The molecule has 1 N–H and O–H groups in total. The first-order valence-corrected chi connectivity index (χ1v) is 5.89. The van der Waals surface area contributed by atoms with Crippen molar-refractivity contribution >= 4 is 27.7 Å². The number of nitrogens with zero attached hydrogens (tertiary/aromatic N) is 1. The average molecular weight is 272 g/mol. The molecule has 0 atom stereocenters. The zero-order chi connectivity index (χ0) is 11.3. The minimum atomic E-state index is -0.929. The second-order valence-corrected chi connectivity index (χ2v) is 4.06. The summed E-state index contributed by atoms with van der Waals surface area (Å²) in [6.07, 6.45) is 0.963. The Morgan fingerprint density at radius 2 is 2.13 bits per heavy atom. The summed E-state index contributed by atoms with van der Waals surface area (Å²) in [5, 5.41) is 9.83. The van der Waals surface area contributed by atoms with E-state index < -0.39 is 6.09 Å². The number of hydrogen-bond donors (Lipinski definition) is 1. The van der Waals surface area contributed by atoms with Crippen molar-refractivity contribution in [1.82, 2.24) is 0 Å². The van der Waals surface area contributed by atoms with Crippen molar-refractivity contribution in [3.8, 4) is 0 Å². The zero-order valence-electron chi connectivity index (χ0n) is 8.61. The number of anilines is 1. The van der Waals surface area contributed by atoms with Crippen LogP contribution in [-0.4, -0.2) is 23.6 Å². The van der Waals surface area contributed by atoms with Crippen LogP contribution < -0.4 is 4.90 Å². The van der Waals surface area contributed by atoms with Crippen molar-refractivity contribution in [3.63, 3.8) is 0 Å². The van der Waals surface area contributed by atoms with E-state index in [9.17, 15) is 4.79 Å². The predicted molar refractivity (Wildman–Crippen MR) is 65.0 cm³/mol. The highest BCUT2D eigenvalue weighted by atomic mass is 79.9. The fourth-order valence-electron chi connectivity index (χ4n) is 1.41. The van der Waals surface area contributed by atoms with Crippen molar-refractivity contribution in [1.29, 1.82) is 0 Å². The molecule has 0 saturated carbocycles. The molecule has 3 nitrogen and oxygen atoms in total. The number of rotatable bonds is 4. The molecule has 0 radical (unpaired) electrons. The molecule has 15 heavy (non-hydrogen) atoms. The number of alkyl halides is 1. The van der Waals surface area contributed by atoms with Crippen LogP contribution >= 0.6 is 15.9 Å². The lowest BCUT2D eigenvalue weighted by Crippen LogP contribution is -2.24. The number of carboxylic acid groups (broad SMARTS) is 1. The van der Waals surface area contributed by atoms with E-state index in [2.05, 4.69) is 15.9 Å². The zero-order valence-corrected chi connectivity index (χ0v) is 10.2. The summed E-state index contributed by atoms with van der Waals surface area (Å²) < 4.78 is 0. The van der Waals surface area contributed by atoms with Crippen LogP contribution in [0.25, 0.3) is 0 Å². The standard InChI is InChI=1S/C11H14BrNO2/c1-13(11(14)15)10-7-3-2-5-9(10)6-4-8-12/h2-3,5,7H,4,6,8H2,1H3,(H,14,15). The quantitative estimate of drug-likeness (QED) is 0.855. The molecule has 4 heteroatoms. The molecular formula is C11H14BrNO2. The summed E-state index contributed by atoms with van der Waals surface area (Å²) in [5.74, 6) is 0. The molecule has 0 aliphatic rings. The van der Waals surface area contributed by atoms with E-state index >= 15 is 0 Å². The molecule has 1 aromatic carbocycles. The van der Waals surface area contributed by atoms with Crippen LogP contribution in [0.15, 0.2) is 24.3 Å². The number of hydrogen-bond acceptors (Lipinski definition) is 1. The fourth-order valence-corrected chi connectivity index (χ4v) is 1.69. The van der Waals surface area contributed by atoms with E-state index in [0.29, 0.717) is 0 Å². The molecule has 1 amide bonds. The molecule has 0 spiro atoms. The highest BCUT2D eigenvalue weighted by molar-refractivity contribution is 9.09. The molecule has 0 unspecified atom stereocenters. The van der Waals surface area contributed by atoms with Gasteiger partial charge in [0.2, 0.25) is 0 Å². The highest BCUT2D eigenvalue weighted by Gasteiger charge is 2.11. The van der Waals surface area contributed by atoms with Crippen LogP contribution in [0.1, 0.15) is 12.0 Å². The van der Waals surface area contributed by atoms with Gasteiger partial charge in [0.25, 0.3) is 0 Å². The largest absolute Gasteiger partial charge is 0.465 e.